The average Bonchev–Trinajstić information content (AvgIpc) is 3.26. The predicted molar refractivity (Wildman–Crippen MR) is 112 cm³/mol. The van der Waals surface area contributed by atoms with E-state index in [9.17, 15) is 0 Å². The molecule has 0 radical (unpaired) electrons. The molecule has 2 saturated carbocycles. The van der Waals surface area contributed by atoms with Crippen molar-refractivity contribution < 1.29 is 0 Å². The van der Waals surface area contributed by atoms with E-state index in [2.05, 4.69) is 43.0 Å². The van der Waals surface area contributed by atoms with Crippen molar-refractivity contribution in [1.29, 1.82) is 0 Å². The van der Waals surface area contributed by atoms with Crippen molar-refractivity contribution in [3.8, 4) is 5.69 Å². The maximum Gasteiger partial charge on any atom is 0.103 e. The molecular formula is C21H25ClN6. The van der Waals surface area contributed by atoms with Crippen molar-refractivity contribution in [3.05, 3.63) is 35.7 Å². The van der Waals surface area contributed by atoms with Crippen LogP contribution < -0.4 is 4.90 Å². The summed E-state index contributed by atoms with van der Waals surface area (Å²) in [5.74, 6) is 0. The van der Waals surface area contributed by atoms with Gasteiger partial charge in [-0.15, -0.1) is 0 Å². The highest BCUT2D eigenvalue weighted by Crippen LogP contribution is 2.36. The van der Waals surface area contributed by atoms with Crippen LogP contribution in [-0.4, -0.2) is 56.7 Å². The molecule has 0 N–H and O–H groups in total. The monoisotopic (exact) mass is 396 g/mol. The third-order valence-corrected chi connectivity index (χ3v) is 6.94. The maximum atomic E-state index is 6.67. The van der Waals surface area contributed by atoms with Crippen LogP contribution in [0, 0.1) is 0 Å². The molecule has 6 rings (SSSR count). The summed E-state index contributed by atoms with van der Waals surface area (Å²) in [5.41, 5.74) is 3.24. The minimum absolute atomic E-state index is 0.576. The zero-order valence-corrected chi connectivity index (χ0v) is 16.7. The number of piperazine rings is 1. The predicted octanol–water partition coefficient (Wildman–Crippen LogP) is 3.88. The Morgan fingerprint density at radius 2 is 1.71 bits per heavy atom. The Balaban J connectivity index is 1.30. The third kappa shape index (κ3) is 2.81. The number of aromatic nitrogens is 4. The second-order valence-corrected chi connectivity index (χ2v) is 8.84. The molecular weight excluding hydrogens is 372 g/mol. The van der Waals surface area contributed by atoms with Gasteiger partial charge in [0.1, 0.15) is 5.69 Å². The van der Waals surface area contributed by atoms with E-state index in [1.165, 1.54) is 32.1 Å². The summed E-state index contributed by atoms with van der Waals surface area (Å²) in [6, 6.07) is 5.66. The molecule has 0 atom stereocenters. The molecule has 0 spiro atoms. The highest BCUT2D eigenvalue weighted by molar-refractivity contribution is 6.34. The molecule has 1 saturated heterocycles. The fourth-order valence-electron chi connectivity index (χ4n) is 4.54. The van der Waals surface area contributed by atoms with Gasteiger partial charge in [-0.05, 0) is 37.8 Å². The molecule has 2 aliphatic carbocycles. The van der Waals surface area contributed by atoms with Gasteiger partial charge >= 0.3 is 0 Å². The summed E-state index contributed by atoms with van der Waals surface area (Å²) < 4.78 is 4.06. The van der Waals surface area contributed by atoms with Crippen LogP contribution in [0.25, 0.3) is 16.6 Å². The van der Waals surface area contributed by atoms with Gasteiger partial charge in [0.05, 0.1) is 40.9 Å². The van der Waals surface area contributed by atoms with Gasteiger partial charge in [0.15, 0.2) is 0 Å². The van der Waals surface area contributed by atoms with Crippen LogP contribution in [0.15, 0.2) is 30.7 Å². The Kier molecular flexibility index (Phi) is 3.91. The summed E-state index contributed by atoms with van der Waals surface area (Å²) in [6.07, 6.45) is 12.5. The molecule has 7 heteroatoms. The normalized spacial score (nSPS) is 21.4. The highest BCUT2D eigenvalue weighted by Gasteiger charge is 2.29. The lowest BCUT2D eigenvalue weighted by Crippen LogP contribution is -2.52. The van der Waals surface area contributed by atoms with E-state index < -0.39 is 0 Å². The largest absolute Gasteiger partial charge is 0.368 e. The summed E-state index contributed by atoms with van der Waals surface area (Å²) in [4.78, 5) is 5.09. The first-order chi connectivity index (χ1) is 13.8. The van der Waals surface area contributed by atoms with E-state index in [4.69, 9.17) is 11.6 Å². The number of hydrogen-bond donors (Lipinski definition) is 0. The van der Waals surface area contributed by atoms with Gasteiger partial charge < -0.3 is 4.90 Å². The Labute approximate surface area is 169 Å². The molecule has 28 heavy (non-hydrogen) atoms. The van der Waals surface area contributed by atoms with Crippen molar-refractivity contribution >= 4 is 28.2 Å². The Morgan fingerprint density at radius 3 is 2.43 bits per heavy atom. The molecule has 146 valence electrons. The number of nitrogens with zero attached hydrogens (tertiary/aromatic N) is 6. The number of anilines is 1. The van der Waals surface area contributed by atoms with Crippen LogP contribution in [-0.2, 0) is 0 Å². The minimum atomic E-state index is 0.576. The van der Waals surface area contributed by atoms with Crippen molar-refractivity contribution in [2.75, 3.05) is 31.1 Å². The summed E-state index contributed by atoms with van der Waals surface area (Å²) in [6.45, 7) is 4.34. The molecule has 3 aromatic rings. The van der Waals surface area contributed by atoms with Gasteiger partial charge in [0, 0.05) is 37.6 Å². The molecule has 3 aliphatic rings. The molecule has 0 unspecified atom stereocenters. The number of fused-ring (bicyclic) bond motifs is 1. The number of rotatable bonds is 4. The zero-order valence-electron chi connectivity index (χ0n) is 16.0. The molecule has 0 amide bonds. The molecule has 1 aromatic carbocycles. The van der Waals surface area contributed by atoms with Crippen molar-refractivity contribution in [2.24, 2.45) is 0 Å². The maximum absolute atomic E-state index is 6.67. The van der Waals surface area contributed by atoms with Crippen LogP contribution in [0.1, 0.15) is 38.1 Å². The van der Waals surface area contributed by atoms with Gasteiger partial charge in [-0.25, -0.2) is 4.68 Å². The van der Waals surface area contributed by atoms with E-state index in [0.29, 0.717) is 6.04 Å². The molecule has 6 nitrogen and oxygen atoms in total. The van der Waals surface area contributed by atoms with Crippen molar-refractivity contribution in [2.45, 2.75) is 44.2 Å². The quantitative estimate of drug-likeness (QED) is 0.671. The van der Waals surface area contributed by atoms with Gasteiger partial charge in [-0.3, -0.25) is 9.58 Å². The lowest BCUT2D eigenvalue weighted by Gasteiger charge is -2.43. The fourth-order valence-corrected chi connectivity index (χ4v) is 4.83. The smallest absolute Gasteiger partial charge is 0.103 e. The standard InChI is InChI=1S/C21H25ClN6/c22-19-10-15-12-24-28(18-13-23-27(14-18)17-4-5-17)20(15)11-21(19)26-8-6-25(7-9-26)16-2-1-3-16/h10-14,16-17H,1-9H2. The molecule has 3 heterocycles. The van der Waals surface area contributed by atoms with E-state index in [1.807, 2.05) is 17.1 Å². The molecule has 1 aliphatic heterocycles. The topological polar surface area (TPSA) is 42.1 Å². The minimum Gasteiger partial charge on any atom is -0.368 e. The van der Waals surface area contributed by atoms with E-state index in [0.717, 1.165) is 59.5 Å². The van der Waals surface area contributed by atoms with Gasteiger partial charge in [0.25, 0.3) is 0 Å². The number of halogens is 1. The van der Waals surface area contributed by atoms with Crippen LogP contribution >= 0.6 is 11.6 Å². The first kappa shape index (κ1) is 16.9. The van der Waals surface area contributed by atoms with E-state index >= 15 is 0 Å². The van der Waals surface area contributed by atoms with Gasteiger partial charge in [-0.2, -0.15) is 10.2 Å². The second kappa shape index (κ2) is 6.49. The van der Waals surface area contributed by atoms with E-state index in [1.54, 1.807) is 0 Å². The van der Waals surface area contributed by atoms with E-state index in [-0.39, 0.29) is 0 Å². The van der Waals surface area contributed by atoms with Gasteiger partial charge in [0.2, 0.25) is 0 Å². The number of benzene rings is 1. The lowest BCUT2D eigenvalue weighted by molar-refractivity contribution is 0.120. The van der Waals surface area contributed by atoms with Crippen LogP contribution in [0.4, 0.5) is 5.69 Å². The Morgan fingerprint density at radius 1 is 0.893 bits per heavy atom. The van der Waals surface area contributed by atoms with Crippen molar-refractivity contribution in [3.63, 3.8) is 0 Å². The Bertz CT molecular complexity index is 1010. The average molecular weight is 397 g/mol. The van der Waals surface area contributed by atoms with Gasteiger partial charge in [-0.1, -0.05) is 18.0 Å². The van der Waals surface area contributed by atoms with Crippen LogP contribution in [0.5, 0.6) is 0 Å². The summed E-state index contributed by atoms with van der Waals surface area (Å²) in [5, 5.41) is 11.0. The van der Waals surface area contributed by atoms with Crippen molar-refractivity contribution in [1.82, 2.24) is 24.5 Å². The second-order valence-electron chi connectivity index (χ2n) is 8.44. The third-order valence-electron chi connectivity index (χ3n) is 6.64. The first-order valence-electron chi connectivity index (χ1n) is 10.5. The van der Waals surface area contributed by atoms with Crippen LogP contribution in [0.2, 0.25) is 5.02 Å². The molecule has 0 bridgehead atoms. The highest BCUT2D eigenvalue weighted by atomic mass is 35.5. The summed E-state index contributed by atoms with van der Waals surface area (Å²) in [7, 11) is 0. The fraction of sp³-hybridized carbons (Fsp3) is 0.524. The first-order valence-corrected chi connectivity index (χ1v) is 10.8. The zero-order chi connectivity index (χ0) is 18.7. The van der Waals surface area contributed by atoms with Crippen LogP contribution in [0.3, 0.4) is 0 Å². The lowest BCUT2D eigenvalue weighted by atomic mass is 9.91. The SMILES string of the molecule is Clc1cc2cnn(-c3cnn(C4CC4)c3)c2cc1N1CCN(C2CCC2)CC1. The number of hydrogen-bond acceptors (Lipinski definition) is 4. The Hall–Kier alpha value is -2.05. The summed E-state index contributed by atoms with van der Waals surface area (Å²) >= 11 is 6.67. The molecule has 2 aromatic heterocycles. The molecule has 3 fully saturated rings.